The number of hydrogen-bond donors (Lipinski definition) is 1. The standard InChI is InChI=1S/C16H20N4/c1-13-9-18-16(14-5-3-2-4-6-14)11-20(13)10-15-7-8-17-12-19-15/h2-8,12-13,16,18H,9-11H2,1H3. The molecule has 1 fully saturated rings. The van der Waals surface area contributed by atoms with Gasteiger partial charge in [-0.1, -0.05) is 30.3 Å². The summed E-state index contributed by atoms with van der Waals surface area (Å²) in [5.74, 6) is 0. The molecule has 0 bridgehead atoms. The van der Waals surface area contributed by atoms with Crippen molar-refractivity contribution in [3.63, 3.8) is 0 Å². The lowest BCUT2D eigenvalue weighted by Crippen LogP contribution is -2.50. The Bertz CT molecular complexity index is 529. The van der Waals surface area contributed by atoms with E-state index in [1.54, 1.807) is 6.33 Å². The maximum Gasteiger partial charge on any atom is 0.115 e. The van der Waals surface area contributed by atoms with Gasteiger partial charge >= 0.3 is 0 Å². The molecule has 1 aromatic carbocycles. The van der Waals surface area contributed by atoms with E-state index in [-0.39, 0.29) is 0 Å². The maximum absolute atomic E-state index is 4.33. The third-order valence-corrected chi connectivity index (χ3v) is 3.91. The molecule has 0 saturated carbocycles. The fourth-order valence-electron chi connectivity index (χ4n) is 2.67. The van der Waals surface area contributed by atoms with E-state index in [2.05, 4.69) is 57.4 Å². The predicted octanol–water partition coefficient (Wildman–Crippen LogP) is 2.01. The smallest absolute Gasteiger partial charge is 0.115 e. The second kappa shape index (κ2) is 6.11. The Labute approximate surface area is 119 Å². The van der Waals surface area contributed by atoms with E-state index in [0.29, 0.717) is 12.1 Å². The van der Waals surface area contributed by atoms with Gasteiger partial charge in [0.2, 0.25) is 0 Å². The van der Waals surface area contributed by atoms with Crippen LogP contribution in [0.4, 0.5) is 0 Å². The van der Waals surface area contributed by atoms with Crippen LogP contribution in [0.2, 0.25) is 0 Å². The topological polar surface area (TPSA) is 41.0 Å². The highest BCUT2D eigenvalue weighted by molar-refractivity contribution is 5.20. The quantitative estimate of drug-likeness (QED) is 0.924. The Kier molecular flexibility index (Phi) is 4.04. The van der Waals surface area contributed by atoms with Crippen LogP contribution in [0.25, 0.3) is 0 Å². The van der Waals surface area contributed by atoms with Crippen LogP contribution in [0, 0.1) is 0 Å². The first kappa shape index (κ1) is 13.2. The van der Waals surface area contributed by atoms with E-state index in [9.17, 15) is 0 Å². The summed E-state index contributed by atoms with van der Waals surface area (Å²) in [4.78, 5) is 10.8. The summed E-state index contributed by atoms with van der Waals surface area (Å²) >= 11 is 0. The van der Waals surface area contributed by atoms with Gasteiger partial charge in [0.05, 0.1) is 5.69 Å². The van der Waals surface area contributed by atoms with Crippen LogP contribution < -0.4 is 5.32 Å². The Morgan fingerprint density at radius 3 is 2.85 bits per heavy atom. The van der Waals surface area contributed by atoms with Crippen LogP contribution in [-0.2, 0) is 6.54 Å². The van der Waals surface area contributed by atoms with E-state index in [1.807, 2.05) is 12.3 Å². The van der Waals surface area contributed by atoms with Crippen LogP contribution in [0.15, 0.2) is 48.9 Å². The third-order valence-electron chi connectivity index (χ3n) is 3.91. The van der Waals surface area contributed by atoms with Gasteiger partial charge in [-0.15, -0.1) is 0 Å². The third kappa shape index (κ3) is 3.03. The van der Waals surface area contributed by atoms with Crippen LogP contribution in [-0.4, -0.2) is 34.0 Å². The largest absolute Gasteiger partial charge is 0.307 e. The fraction of sp³-hybridized carbons (Fsp3) is 0.375. The lowest BCUT2D eigenvalue weighted by atomic mass is 10.0. The molecule has 20 heavy (non-hydrogen) atoms. The average Bonchev–Trinajstić information content (AvgIpc) is 2.51. The summed E-state index contributed by atoms with van der Waals surface area (Å²) in [5.41, 5.74) is 2.44. The fourth-order valence-corrected chi connectivity index (χ4v) is 2.67. The lowest BCUT2D eigenvalue weighted by molar-refractivity contribution is 0.132. The van der Waals surface area contributed by atoms with Crippen molar-refractivity contribution in [2.45, 2.75) is 25.6 Å². The molecule has 4 heteroatoms. The van der Waals surface area contributed by atoms with E-state index < -0.39 is 0 Å². The van der Waals surface area contributed by atoms with E-state index in [4.69, 9.17) is 0 Å². The SMILES string of the molecule is CC1CNC(c2ccccc2)CN1Cc1ccncn1. The summed E-state index contributed by atoms with van der Waals surface area (Å²) in [6.45, 7) is 5.16. The van der Waals surface area contributed by atoms with Crippen LogP contribution >= 0.6 is 0 Å². The van der Waals surface area contributed by atoms with Crippen molar-refractivity contribution >= 4 is 0 Å². The van der Waals surface area contributed by atoms with Crippen molar-refractivity contribution < 1.29 is 0 Å². The molecule has 4 nitrogen and oxygen atoms in total. The molecule has 3 rings (SSSR count). The molecule has 2 atom stereocenters. The van der Waals surface area contributed by atoms with Crippen molar-refractivity contribution in [1.29, 1.82) is 0 Å². The molecule has 1 saturated heterocycles. The molecule has 1 N–H and O–H groups in total. The molecule has 0 radical (unpaired) electrons. The zero-order valence-corrected chi connectivity index (χ0v) is 11.7. The van der Waals surface area contributed by atoms with E-state index >= 15 is 0 Å². The minimum Gasteiger partial charge on any atom is -0.307 e. The van der Waals surface area contributed by atoms with Gasteiger partial charge in [0.1, 0.15) is 6.33 Å². The zero-order valence-electron chi connectivity index (χ0n) is 11.7. The van der Waals surface area contributed by atoms with Gasteiger partial charge in [-0.25, -0.2) is 9.97 Å². The first-order valence-electron chi connectivity index (χ1n) is 7.10. The summed E-state index contributed by atoms with van der Waals surface area (Å²) in [5, 5.41) is 3.63. The van der Waals surface area contributed by atoms with Gasteiger partial charge in [0.15, 0.2) is 0 Å². The highest BCUT2D eigenvalue weighted by Crippen LogP contribution is 2.20. The minimum atomic E-state index is 0.397. The molecule has 104 valence electrons. The Morgan fingerprint density at radius 1 is 1.25 bits per heavy atom. The lowest BCUT2D eigenvalue weighted by Gasteiger charge is -2.38. The van der Waals surface area contributed by atoms with Crippen LogP contribution in [0.1, 0.15) is 24.2 Å². The van der Waals surface area contributed by atoms with Crippen LogP contribution in [0.5, 0.6) is 0 Å². The molecular weight excluding hydrogens is 248 g/mol. The number of aromatic nitrogens is 2. The van der Waals surface area contributed by atoms with Gasteiger partial charge < -0.3 is 5.32 Å². The summed E-state index contributed by atoms with van der Waals surface area (Å²) < 4.78 is 0. The van der Waals surface area contributed by atoms with Crippen molar-refractivity contribution in [2.24, 2.45) is 0 Å². The number of rotatable bonds is 3. The van der Waals surface area contributed by atoms with E-state index in [1.165, 1.54) is 5.56 Å². The van der Waals surface area contributed by atoms with Gasteiger partial charge in [0, 0.05) is 37.9 Å². The first-order chi connectivity index (χ1) is 9.83. The number of benzene rings is 1. The molecule has 0 spiro atoms. The minimum absolute atomic E-state index is 0.397. The Balaban J connectivity index is 1.71. The predicted molar refractivity (Wildman–Crippen MR) is 79.1 cm³/mol. The second-order valence-corrected chi connectivity index (χ2v) is 5.35. The van der Waals surface area contributed by atoms with Gasteiger partial charge in [-0.05, 0) is 18.6 Å². The zero-order chi connectivity index (χ0) is 13.8. The molecule has 0 aliphatic carbocycles. The highest BCUT2D eigenvalue weighted by Gasteiger charge is 2.25. The Morgan fingerprint density at radius 2 is 2.10 bits per heavy atom. The Hall–Kier alpha value is -1.78. The molecule has 1 aliphatic heterocycles. The first-order valence-corrected chi connectivity index (χ1v) is 7.10. The van der Waals surface area contributed by atoms with Crippen LogP contribution in [0.3, 0.4) is 0 Å². The number of hydrogen-bond acceptors (Lipinski definition) is 4. The molecule has 2 aromatic rings. The van der Waals surface area contributed by atoms with Crippen molar-refractivity contribution in [3.05, 3.63) is 60.2 Å². The summed E-state index contributed by atoms with van der Waals surface area (Å²) in [6, 6.07) is 13.6. The highest BCUT2D eigenvalue weighted by atomic mass is 15.2. The van der Waals surface area contributed by atoms with Gasteiger partial charge in [-0.3, -0.25) is 4.90 Å². The average molecular weight is 268 g/mol. The van der Waals surface area contributed by atoms with Crippen molar-refractivity contribution in [3.8, 4) is 0 Å². The number of nitrogens with one attached hydrogen (secondary N) is 1. The van der Waals surface area contributed by atoms with Gasteiger partial charge in [0.25, 0.3) is 0 Å². The summed E-state index contributed by atoms with van der Waals surface area (Å²) in [7, 11) is 0. The summed E-state index contributed by atoms with van der Waals surface area (Å²) in [6.07, 6.45) is 3.43. The van der Waals surface area contributed by atoms with E-state index in [0.717, 1.165) is 25.3 Å². The monoisotopic (exact) mass is 268 g/mol. The molecule has 2 heterocycles. The van der Waals surface area contributed by atoms with Crippen molar-refractivity contribution in [1.82, 2.24) is 20.2 Å². The normalized spacial score (nSPS) is 23.6. The molecular formula is C16H20N4. The number of nitrogens with zero attached hydrogens (tertiary/aromatic N) is 3. The number of piperazine rings is 1. The molecule has 1 aromatic heterocycles. The molecule has 1 aliphatic rings. The second-order valence-electron chi connectivity index (χ2n) is 5.35. The molecule has 0 amide bonds. The van der Waals surface area contributed by atoms with Gasteiger partial charge in [-0.2, -0.15) is 0 Å². The molecule has 2 unspecified atom stereocenters. The maximum atomic E-state index is 4.33. The van der Waals surface area contributed by atoms with Crippen molar-refractivity contribution in [2.75, 3.05) is 13.1 Å².